The normalized spacial score (nSPS) is 23.2. The molecule has 18 heavy (non-hydrogen) atoms. The van der Waals surface area contributed by atoms with E-state index in [4.69, 9.17) is 0 Å². The molecule has 0 spiro atoms. The fourth-order valence-electron chi connectivity index (χ4n) is 2.34. The lowest BCUT2D eigenvalue weighted by Crippen LogP contribution is -2.41. The first-order valence-corrected chi connectivity index (χ1v) is 7.44. The molecule has 0 aromatic carbocycles. The first-order valence-electron chi connectivity index (χ1n) is 6.63. The molecule has 1 aromatic heterocycles. The van der Waals surface area contributed by atoms with E-state index in [0.29, 0.717) is 6.54 Å². The van der Waals surface area contributed by atoms with Gasteiger partial charge in [0, 0.05) is 17.6 Å². The lowest BCUT2D eigenvalue weighted by Gasteiger charge is -2.24. The third-order valence-electron chi connectivity index (χ3n) is 3.75. The average Bonchev–Trinajstić information content (AvgIpc) is 3.05. The molecule has 2 heterocycles. The van der Waals surface area contributed by atoms with Crippen LogP contribution in [-0.4, -0.2) is 24.0 Å². The van der Waals surface area contributed by atoms with Crippen LogP contribution in [0.3, 0.4) is 0 Å². The van der Waals surface area contributed by atoms with Gasteiger partial charge in [-0.1, -0.05) is 13.8 Å². The van der Waals surface area contributed by atoms with Crippen molar-refractivity contribution in [2.75, 3.05) is 13.1 Å². The molecule has 1 atom stereocenters. The minimum Gasteiger partial charge on any atom is -0.349 e. The Morgan fingerprint density at radius 1 is 1.61 bits per heavy atom. The summed E-state index contributed by atoms with van der Waals surface area (Å²) in [6, 6.07) is 0. The molecule has 2 N–H and O–H groups in total. The van der Waals surface area contributed by atoms with Gasteiger partial charge in [0.25, 0.3) is 0 Å². The van der Waals surface area contributed by atoms with Gasteiger partial charge in [-0.3, -0.25) is 4.79 Å². The van der Waals surface area contributed by atoms with Crippen LogP contribution >= 0.6 is 11.3 Å². The number of hydrogen-bond acceptors (Lipinski definition) is 4. The molecule has 2 rings (SSSR count). The largest absolute Gasteiger partial charge is 0.349 e. The maximum atomic E-state index is 12.3. The van der Waals surface area contributed by atoms with Gasteiger partial charge in [-0.05, 0) is 25.8 Å². The molecule has 1 amide bonds. The molecule has 1 aliphatic heterocycles. The van der Waals surface area contributed by atoms with Crippen LogP contribution in [0.25, 0.3) is 0 Å². The fraction of sp³-hybridized carbons (Fsp3) is 0.692. The number of rotatable bonds is 5. The summed E-state index contributed by atoms with van der Waals surface area (Å²) >= 11 is 1.68. The fourth-order valence-corrected chi connectivity index (χ4v) is 3.14. The Hall–Kier alpha value is -0.940. The zero-order valence-corrected chi connectivity index (χ0v) is 11.9. The van der Waals surface area contributed by atoms with E-state index in [1.54, 1.807) is 11.3 Å². The lowest BCUT2D eigenvalue weighted by atomic mass is 9.83. The predicted octanol–water partition coefficient (Wildman–Crippen LogP) is 1.71. The van der Waals surface area contributed by atoms with E-state index in [2.05, 4.69) is 29.5 Å². The summed E-state index contributed by atoms with van der Waals surface area (Å²) < 4.78 is 0. The van der Waals surface area contributed by atoms with E-state index in [1.165, 1.54) is 4.88 Å². The monoisotopic (exact) mass is 267 g/mol. The SMILES string of the molecule is CCc1cnc(CNC(=O)C2(CC)CCNC2)s1. The Bertz CT molecular complexity index is 410. The van der Waals surface area contributed by atoms with Gasteiger partial charge in [-0.15, -0.1) is 11.3 Å². The van der Waals surface area contributed by atoms with Gasteiger partial charge in [0.15, 0.2) is 0 Å². The Morgan fingerprint density at radius 2 is 2.44 bits per heavy atom. The summed E-state index contributed by atoms with van der Waals surface area (Å²) in [5.74, 6) is 0.170. The minimum absolute atomic E-state index is 0.170. The van der Waals surface area contributed by atoms with E-state index < -0.39 is 0 Å². The molecule has 0 bridgehead atoms. The Balaban J connectivity index is 1.91. The van der Waals surface area contributed by atoms with E-state index in [-0.39, 0.29) is 11.3 Å². The Morgan fingerprint density at radius 3 is 3.00 bits per heavy atom. The summed E-state index contributed by atoms with van der Waals surface area (Å²) in [4.78, 5) is 17.9. The molecule has 1 saturated heterocycles. The molecule has 5 heteroatoms. The zero-order valence-electron chi connectivity index (χ0n) is 11.1. The van der Waals surface area contributed by atoms with Gasteiger partial charge in [-0.2, -0.15) is 0 Å². The lowest BCUT2D eigenvalue weighted by molar-refractivity contribution is -0.130. The quantitative estimate of drug-likeness (QED) is 0.854. The van der Waals surface area contributed by atoms with Gasteiger partial charge in [0.1, 0.15) is 5.01 Å². The van der Waals surface area contributed by atoms with E-state index in [1.807, 2.05) is 6.20 Å². The van der Waals surface area contributed by atoms with Crippen molar-refractivity contribution in [2.24, 2.45) is 5.41 Å². The maximum absolute atomic E-state index is 12.3. The van der Waals surface area contributed by atoms with Crippen molar-refractivity contribution in [3.05, 3.63) is 16.1 Å². The number of carbonyl (C=O) groups excluding carboxylic acids is 1. The highest BCUT2D eigenvalue weighted by Gasteiger charge is 2.39. The van der Waals surface area contributed by atoms with E-state index in [9.17, 15) is 4.79 Å². The standard InChI is InChI=1S/C13H21N3OS/c1-3-10-7-15-11(18-10)8-16-12(17)13(4-2)5-6-14-9-13/h7,14H,3-6,8-9H2,1-2H3,(H,16,17). The van der Waals surface area contributed by atoms with Crippen LogP contribution in [0.2, 0.25) is 0 Å². The van der Waals surface area contributed by atoms with Gasteiger partial charge in [0.05, 0.1) is 12.0 Å². The second-order valence-corrected chi connectivity index (χ2v) is 6.02. The number of nitrogens with zero attached hydrogens (tertiary/aromatic N) is 1. The van der Waals surface area contributed by atoms with Crippen molar-refractivity contribution in [3.63, 3.8) is 0 Å². The molecule has 1 unspecified atom stereocenters. The highest BCUT2D eigenvalue weighted by Crippen LogP contribution is 2.29. The summed E-state index contributed by atoms with van der Waals surface area (Å²) in [6.07, 6.45) is 4.74. The highest BCUT2D eigenvalue weighted by atomic mass is 32.1. The van der Waals surface area contributed by atoms with Crippen LogP contribution in [0.15, 0.2) is 6.20 Å². The van der Waals surface area contributed by atoms with Crippen molar-refractivity contribution in [1.29, 1.82) is 0 Å². The van der Waals surface area contributed by atoms with Gasteiger partial charge in [0.2, 0.25) is 5.91 Å². The highest BCUT2D eigenvalue weighted by molar-refractivity contribution is 7.11. The number of amides is 1. The van der Waals surface area contributed by atoms with Crippen LogP contribution in [0.4, 0.5) is 0 Å². The Kier molecular flexibility index (Phi) is 4.35. The van der Waals surface area contributed by atoms with Crippen molar-refractivity contribution >= 4 is 17.2 Å². The third kappa shape index (κ3) is 2.72. The van der Waals surface area contributed by atoms with Gasteiger partial charge >= 0.3 is 0 Å². The number of hydrogen-bond donors (Lipinski definition) is 2. The average molecular weight is 267 g/mol. The molecule has 0 saturated carbocycles. The minimum atomic E-state index is -0.204. The van der Waals surface area contributed by atoms with Gasteiger partial charge in [-0.25, -0.2) is 4.98 Å². The van der Waals surface area contributed by atoms with Crippen LogP contribution in [0.5, 0.6) is 0 Å². The van der Waals surface area contributed by atoms with E-state index >= 15 is 0 Å². The summed E-state index contributed by atoms with van der Waals surface area (Å²) in [6.45, 7) is 6.51. The molecule has 0 aliphatic carbocycles. The Labute approximate surface area is 112 Å². The maximum Gasteiger partial charge on any atom is 0.227 e. The molecule has 100 valence electrons. The molecule has 1 aliphatic rings. The number of carbonyl (C=O) groups is 1. The van der Waals surface area contributed by atoms with Crippen LogP contribution in [-0.2, 0) is 17.8 Å². The predicted molar refractivity (Wildman–Crippen MR) is 73.5 cm³/mol. The zero-order chi connectivity index (χ0) is 13.0. The van der Waals surface area contributed by atoms with Crippen molar-refractivity contribution < 1.29 is 4.79 Å². The van der Waals surface area contributed by atoms with Crippen molar-refractivity contribution in [1.82, 2.24) is 15.6 Å². The molecule has 0 radical (unpaired) electrons. The van der Waals surface area contributed by atoms with Crippen LogP contribution in [0, 0.1) is 5.41 Å². The molecular formula is C13H21N3OS. The molecule has 1 aromatic rings. The van der Waals surface area contributed by atoms with Crippen molar-refractivity contribution in [2.45, 2.75) is 39.7 Å². The second-order valence-electron chi connectivity index (χ2n) is 4.82. The van der Waals surface area contributed by atoms with Gasteiger partial charge < -0.3 is 10.6 Å². The second kappa shape index (κ2) is 5.80. The number of nitrogens with one attached hydrogen (secondary N) is 2. The van der Waals surface area contributed by atoms with Crippen molar-refractivity contribution in [3.8, 4) is 0 Å². The number of aryl methyl sites for hydroxylation is 1. The molecule has 4 nitrogen and oxygen atoms in total. The summed E-state index contributed by atoms with van der Waals surface area (Å²) in [7, 11) is 0. The van der Waals surface area contributed by atoms with E-state index in [0.717, 1.165) is 37.4 Å². The first-order chi connectivity index (χ1) is 8.70. The summed E-state index contributed by atoms with van der Waals surface area (Å²) in [5, 5.41) is 7.32. The first kappa shape index (κ1) is 13.5. The topological polar surface area (TPSA) is 54.0 Å². The smallest absolute Gasteiger partial charge is 0.227 e. The van der Waals surface area contributed by atoms with Crippen LogP contribution < -0.4 is 10.6 Å². The van der Waals surface area contributed by atoms with Crippen LogP contribution in [0.1, 0.15) is 36.6 Å². The summed E-state index contributed by atoms with van der Waals surface area (Å²) in [5.41, 5.74) is -0.204. The molecular weight excluding hydrogens is 246 g/mol. The number of aromatic nitrogens is 1. The molecule has 1 fully saturated rings. The third-order valence-corrected chi connectivity index (χ3v) is 4.89. The number of thiazole rings is 1.